The van der Waals surface area contributed by atoms with Crippen molar-refractivity contribution in [3.05, 3.63) is 24.3 Å². The van der Waals surface area contributed by atoms with Crippen LogP contribution in [0.2, 0.25) is 0 Å². The fourth-order valence-corrected chi connectivity index (χ4v) is 1.56. The van der Waals surface area contributed by atoms with Gasteiger partial charge in [0.15, 0.2) is 11.6 Å². The third kappa shape index (κ3) is 3.17. The fraction of sp³-hybridized carbons (Fsp3) is 0.385. The summed E-state index contributed by atoms with van der Waals surface area (Å²) in [6, 6.07) is 1.55. The van der Waals surface area contributed by atoms with Gasteiger partial charge in [0, 0.05) is 26.8 Å². The zero-order valence-corrected chi connectivity index (χ0v) is 11.8. The zero-order valence-electron chi connectivity index (χ0n) is 11.8. The van der Waals surface area contributed by atoms with Gasteiger partial charge in [0.05, 0.1) is 11.8 Å². The maximum absolute atomic E-state index is 13.8. The fourth-order valence-electron chi connectivity index (χ4n) is 1.56. The Morgan fingerprint density at radius 2 is 2.05 bits per heavy atom. The van der Waals surface area contributed by atoms with Crippen molar-refractivity contribution in [1.82, 2.24) is 19.9 Å². The quantitative estimate of drug-likeness (QED) is 0.900. The van der Waals surface area contributed by atoms with E-state index in [1.807, 2.05) is 21.0 Å². The molecule has 0 amide bonds. The highest BCUT2D eigenvalue weighted by Crippen LogP contribution is 2.20. The van der Waals surface area contributed by atoms with E-state index >= 15 is 0 Å². The van der Waals surface area contributed by atoms with Gasteiger partial charge in [-0.05, 0) is 12.5 Å². The molecule has 0 aromatic carbocycles. The molecule has 20 heavy (non-hydrogen) atoms. The molecule has 2 aromatic rings. The highest BCUT2D eigenvalue weighted by atomic mass is 19.1. The predicted molar refractivity (Wildman–Crippen MR) is 76.1 cm³/mol. The largest absolute Gasteiger partial charge is 0.354 e. The molecule has 106 valence electrons. The van der Waals surface area contributed by atoms with Crippen LogP contribution in [0.3, 0.4) is 0 Å². The predicted octanol–water partition coefficient (Wildman–Crippen LogP) is 1.96. The molecular weight excluding hydrogens is 259 g/mol. The van der Waals surface area contributed by atoms with Gasteiger partial charge in [0.2, 0.25) is 11.9 Å². The maximum Gasteiger partial charge on any atom is 0.230 e. The van der Waals surface area contributed by atoms with Crippen LogP contribution in [-0.4, -0.2) is 40.6 Å². The normalized spacial score (nSPS) is 10.4. The first kappa shape index (κ1) is 14.1. The van der Waals surface area contributed by atoms with Crippen LogP contribution in [0.15, 0.2) is 18.5 Å². The highest BCUT2D eigenvalue weighted by molar-refractivity contribution is 5.58. The molecule has 2 rings (SSSR count). The smallest absolute Gasteiger partial charge is 0.230 e. The van der Waals surface area contributed by atoms with Crippen molar-refractivity contribution in [3.63, 3.8) is 0 Å². The van der Waals surface area contributed by atoms with Gasteiger partial charge < -0.3 is 10.2 Å². The molecule has 7 heteroatoms. The van der Waals surface area contributed by atoms with Crippen molar-refractivity contribution in [2.75, 3.05) is 30.9 Å². The second-order valence-electron chi connectivity index (χ2n) is 4.46. The summed E-state index contributed by atoms with van der Waals surface area (Å²) < 4.78 is 13.8. The number of rotatable bonds is 5. The standard InChI is InChI=1S/C13H17FN6/c1-4-6-16-12-17-11(18-13(19-12)20(2)3)9-5-7-15-8-10(9)14/h5,7-8H,4,6H2,1-3H3,(H,16,17,18,19). The van der Waals surface area contributed by atoms with Gasteiger partial charge in [-0.2, -0.15) is 15.0 Å². The minimum Gasteiger partial charge on any atom is -0.354 e. The number of aromatic nitrogens is 4. The molecule has 0 aliphatic rings. The molecule has 0 aliphatic carbocycles. The lowest BCUT2D eigenvalue weighted by Crippen LogP contribution is -2.16. The summed E-state index contributed by atoms with van der Waals surface area (Å²) >= 11 is 0. The molecule has 2 aromatic heterocycles. The molecule has 2 heterocycles. The molecular formula is C13H17FN6. The maximum atomic E-state index is 13.8. The molecule has 0 atom stereocenters. The van der Waals surface area contributed by atoms with Crippen molar-refractivity contribution >= 4 is 11.9 Å². The Balaban J connectivity index is 2.46. The van der Waals surface area contributed by atoms with Crippen molar-refractivity contribution < 1.29 is 4.39 Å². The molecule has 0 bridgehead atoms. The van der Waals surface area contributed by atoms with E-state index in [4.69, 9.17) is 0 Å². The molecule has 0 saturated heterocycles. The van der Waals surface area contributed by atoms with Gasteiger partial charge in [-0.25, -0.2) is 4.39 Å². The Morgan fingerprint density at radius 3 is 2.70 bits per heavy atom. The monoisotopic (exact) mass is 276 g/mol. The summed E-state index contributed by atoms with van der Waals surface area (Å²) in [6.07, 6.45) is 3.60. The van der Waals surface area contributed by atoms with Crippen LogP contribution < -0.4 is 10.2 Å². The number of hydrogen-bond donors (Lipinski definition) is 1. The van der Waals surface area contributed by atoms with E-state index in [-0.39, 0.29) is 0 Å². The summed E-state index contributed by atoms with van der Waals surface area (Å²) in [5, 5.41) is 3.09. The number of halogens is 1. The third-order valence-corrected chi connectivity index (χ3v) is 2.57. The summed E-state index contributed by atoms with van der Waals surface area (Å²) in [7, 11) is 3.65. The molecule has 0 fully saturated rings. The Hall–Kier alpha value is -2.31. The summed E-state index contributed by atoms with van der Waals surface area (Å²) in [5.74, 6) is 0.758. The van der Waals surface area contributed by atoms with E-state index < -0.39 is 5.82 Å². The molecule has 0 saturated carbocycles. The summed E-state index contributed by atoms with van der Waals surface area (Å²) in [6.45, 7) is 2.79. The van der Waals surface area contributed by atoms with Crippen molar-refractivity contribution in [2.45, 2.75) is 13.3 Å². The minimum atomic E-state index is -0.454. The van der Waals surface area contributed by atoms with Crippen LogP contribution in [0.25, 0.3) is 11.4 Å². The lowest BCUT2D eigenvalue weighted by molar-refractivity contribution is 0.623. The Kier molecular flexibility index (Phi) is 4.39. The van der Waals surface area contributed by atoms with Crippen LogP contribution in [0.1, 0.15) is 13.3 Å². The van der Waals surface area contributed by atoms with Gasteiger partial charge in [0.1, 0.15) is 0 Å². The second kappa shape index (κ2) is 6.23. The summed E-state index contributed by atoms with van der Waals surface area (Å²) in [5.41, 5.74) is 0.310. The van der Waals surface area contributed by atoms with E-state index in [1.54, 1.807) is 11.0 Å². The molecule has 6 nitrogen and oxygen atoms in total. The van der Waals surface area contributed by atoms with Gasteiger partial charge in [-0.15, -0.1) is 0 Å². The first-order valence-corrected chi connectivity index (χ1v) is 6.39. The van der Waals surface area contributed by atoms with Crippen LogP contribution >= 0.6 is 0 Å². The van der Waals surface area contributed by atoms with Crippen LogP contribution in [0, 0.1) is 5.82 Å². The minimum absolute atomic E-state index is 0.294. The first-order valence-electron chi connectivity index (χ1n) is 6.39. The van der Waals surface area contributed by atoms with E-state index in [0.717, 1.165) is 19.2 Å². The Labute approximate surface area is 117 Å². The first-order chi connectivity index (χ1) is 9.61. The third-order valence-electron chi connectivity index (χ3n) is 2.57. The molecule has 0 spiro atoms. The highest BCUT2D eigenvalue weighted by Gasteiger charge is 2.13. The molecule has 0 radical (unpaired) electrons. The van der Waals surface area contributed by atoms with Crippen molar-refractivity contribution in [2.24, 2.45) is 0 Å². The van der Waals surface area contributed by atoms with E-state index in [9.17, 15) is 4.39 Å². The molecule has 0 aliphatic heterocycles. The Morgan fingerprint density at radius 1 is 1.25 bits per heavy atom. The van der Waals surface area contributed by atoms with Gasteiger partial charge >= 0.3 is 0 Å². The topological polar surface area (TPSA) is 66.8 Å². The van der Waals surface area contributed by atoms with Gasteiger partial charge in [-0.1, -0.05) is 6.92 Å². The van der Waals surface area contributed by atoms with E-state index in [2.05, 4.69) is 25.3 Å². The number of anilines is 2. The van der Waals surface area contributed by atoms with Crippen LogP contribution in [-0.2, 0) is 0 Å². The summed E-state index contributed by atoms with van der Waals surface area (Å²) in [4.78, 5) is 18.3. The Bertz CT molecular complexity index is 587. The van der Waals surface area contributed by atoms with Gasteiger partial charge in [0.25, 0.3) is 0 Å². The number of nitrogens with one attached hydrogen (secondary N) is 1. The van der Waals surface area contributed by atoms with Gasteiger partial charge in [-0.3, -0.25) is 4.98 Å². The molecule has 1 N–H and O–H groups in total. The average molecular weight is 276 g/mol. The lowest BCUT2D eigenvalue weighted by atomic mass is 10.2. The average Bonchev–Trinajstić information content (AvgIpc) is 2.45. The van der Waals surface area contributed by atoms with E-state index in [0.29, 0.717) is 23.3 Å². The number of nitrogens with zero attached hydrogens (tertiary/aromatic N) is 5. The van der Waals surface area contributed by atoms with Crippen molar-refractivity contribution in [3.8, 4) is 11.4 Å². The lowest BCUT2D eigenvalue weighted by Gasteiger charge is -2.13. The molecule has 0 unspecified atom stereocenters. The van der Waals surface area contributed by atoms with Crippen LogP contribution in [0.4, 0.5) is 16.3 Å². The van der Waals surface area contributed by atoms with Crippen LogP contribution in [0.5, 0.6) is 0 Å². The second-order valence-corrected chi connectivity index (χ2v) is 4.46. The van der Waals surface area contributed by atoms with E-state index in [1.165, 1.54) is 6.20 Å². The van der Waals surface area contributed by atoms with Crippen molar-refractivity contribution in [1.29, 1.82) is 0 Å². The zero-order chi connectivity index (χ0) is 14.5. The SMILES string of the molecule is CCCNc1nc(-c2ccncc2F)nc(N(C)C)n1. The number of pyridine rings is 1. The number of hydrogen-bond acceptors (Lipinski definition) is 6.